The van der Waals surface area contributed by atoms with Crippen molar-refractivity contribution >= 4 is 11.8 Å². The number of hydrogen-bond donors (Lipinski definition) is 1. The van der Waals surface area contributed by atoms with Crippen molar-refractivity contribution < 1.29 is 19.3 Å². The van der Waals surface area contributed by atoms with Crippen LogP contribution in [-0.4, -0.2) is 36.1 Å². The predicted octanol–water partition coefficient (Wildman–Crippen LogP) is 4.26. The Hall–Kier alpha value is -1.69. The molecule has 2 heterocycles. The van der Waals surface area contributed by atoms with Crippen LogP contribution in [0, 0.1) is 6.92 Å². The van der Waals surface area contributed by atoms with Gasteiger partial charge in [0.25, 0.3) is 0 Å². The fourth-order valence-electron chi connectivity index (χ4n) is 3.73. The van der Waals surface area contributed by atoms with E-state index >= 15 is 0 Å². The minimum atomic E-state index is -0.302. The molecule has 2 aliphatic rings. The van der Waals surface area contributed by atoms with Gasteiger partial charge < -0.3 is 19.3 Å². The third-order valence-corrected chi connectivity index (χ3v) is 6.11. The summed E-state index contributed by atoms with van der Waals surface area (Å²) in [6.45, 7) is 3.35. The van der Waals surface area contributed by atoms with Gasteiger partial charge in [0.05, 0.1) is 12.2 Å². The van der Waals surface area contributed by atoms with Crippen LogP contribution >= 0.6 is 11.8 Å². The Bertz CT molecular complexity index is 807. The quantitative estimate of drug-likeness (QED) is 0.851. The maximum atomic E-state index is 10.2. The molecule has 1 fully saturated rings. The van der Waals surface area contributed by atoms with E-state index in [-0.39, 0.29) is 17.6 Å². The first kappa shape index (κ1) is 18.7. The SMILES string of the molecule is CSC1CC(O)CC(c2ccc(C)c(Cc3ccc4c(c3)OCCO4)c2)O1. The second-order valence-electron chi connectivity index (χ2n) is 7.26. The van der Waals surface area contributed by atoms with Crippen molar-refractivity contribution in [3.05, 3.63) is 58.7 Å². The molecule has 1 N–H and O–H groups in total. The van der Waals surface area contributed by atoms with E-state index in [4.69, 9.17) is 14.2 Å². The molecule has 2 aliphatic heterocycles. The van der Waals surface area contributed by atoms with Crippen LogP contribution in [0.1, 0.15) is 41.2 Å². The second kappa shape index (κ2) is 8.13. The number of rotatable bonds is 4. The van der Waals surface area contributed by atoms with Gasteiger partial charge in [-0.15, -0.1) is 11.8 Å². The van der Waals surface area contributed by atoms with Gasteiger partial charge in [-0.25, -0.2) is 0 Å². The van der Waals surface area contributed by atoms with Gasteiger partial charge in [0.1, 0.15) is 18.6 Å². The van der Waals surface area contributed by atoms with E-state index in [1.54, 1.807) is 11.8 Å². The van der Waals surface area contributed by atoms with E-state index in [1.165, 1.54) is 16.7 Å². The Labute approximate surface area is 164 Å². The molecule has 1 saturated heterocycles. The lowest BCUT2D eigenvalue weighted by Crippen LogP contribution is -2.29. The van der Waals surface area contributed by atoms with E-state index in [0.717, 1.165) is 23.5 Å². The minimum absolute atomic E-state index is 0.0502. The summed E-state index contributed by atoms with van der Waals surface area (Å²) in [6, 6.07) is 12.7. The van der Waals surface area contributed by atoms with Crippen LogP contribution in [-0.2, 0) is 11.2 Å². The van der Waals surface area contributed by atoms with Crippen molar-refractivity contribution in [1.82, 2.24) is 0 Å². The average molecular weight is 387 g/mol. The van der Waals surface area contributed by atoms with E-state index in [9.17, 15) is 5.11 Å². The average Bonchev–Trinajstić information content (AvgIpc) is 2.69. The lowest BCUT2D eigenvalue weighted by molar-refractivity contribution is -0.0605. The summed E-state index contributed by atoms with van der Waals surface area (Å²) in [5.74, 6) is 1.65. The number of aryl methyl sites for hydroxylation is 1. The van der Waals surface area contributed by atoms with Gasteiger partial charge in [0.15, 0.2) is 11.5 Å². The van der Waals surface area contributed by atoms with Gasteiger partial charge in [-0.2, -0.15) is 0 Å². The van der Waals surface area contributed by atoms with Crippen molar-refractivity contribution in [2.45, 2.75) is 43.8 Å². The highest BCUT2D eigenvalue weighted by atomic mass is 32.2. The number of aliphatic hydroxyl groups excluding tert-OH is 1. The first-order valence-electron chi connectivity index (χ1n) is 9.46. The van der Waals surface area contributed by atoms with Crippen LogP contribution in [0.25, 0.3) is 0 Å². The maximum absolute atomic E-state index is 10.2. The molecular formula is C22H26O4S. The lowest BCUT2D eigenvalue weighted by atomic mass is 9.93. The fourth-order valence-corrected chi connectivity index (χ4v) is 4.39. The molecule has 3 atom stereocenters. The van der Waals surface area contributed by atoms with Gasteiger partial charge in [-0.3, -0.25) is 0 Å². The van der Waals surface area contributed by atoms with Gasteiger partial charge >= 0.3 is 0 Å². The highest BCUT2D eigenvalue weighted by molar-refractivity contribution is 7.99. The molecule has 0 amide bonds. The number of benzene rings is 2. The molecule has 4 nitrogen and oxygen atoms in total. The third-order valence-electron chi connectivity index (χ3n) is 5.28. The van der Waals surface area contributed by atoms with Crippen LogP contribution in [0.3, 0.4) is 0 Å². The molecule has 3 unspecified atom stereocenters. The maximum Gasteiger partial charge on any atom is 0.161 e. The van der Waals surface area contributed by atoms with Crippen molar-refractivity contribution in [1.29, 1.82) is 0 Å². The summed E-state index contributed by atoms with van der Waals surface area (Å²) in [4.78, 5) is 0. The van der Waals surface area contributed by atoms with Crippen LogP contribution < -0.4 is 9.47 Å². The summed E-state index contributed by atoms with van der Waals surface area (Å²) >= 11 is 1.66. The predicted molar refractivity (Wildman–Crippen MR) is 108 cm³/mol. The Morgan fingerprint density at radius 2 is 1.85 bits per heavy atom. The van der Waals surface area contributed by atoms with Crippen molar-refractivity contribution in [2.24, 2.45) is 0 Å². The summed E-state index contributed by atoms with van der Waals surface area (Å²) in [5.41, 5.74) is 4.93. The molecule has 2 aromatic carbocycles. The zero-order valence-corrected chi connectivity index (χ0v) is 16.6. The standard InChI is InChI=1S/C22H26O4S/c1-14-3-5-16(20-12-18(23)13-22(26-20)27-2)11-17(14)9-15-4-6-19-21(10-15)25-8-7-24-19/h3-6,10-11,18,20,22-23H,7-9,12-13H2,1-2H3. The van der Waals surface area contributed by atoms with E-state index in [2.05, 4.69) is 37.3 Å². The Morgan fingerprint density at radius 1 is 1.04 bits per heavy atom. The minimum Gasteiger partial charge on any atom is -0.486 e. The van der Waals surface area contributed by atoms with Gasteiger partial charge in [-0.05, 0) is 54.0 Å². The summed E-state index contributed by atoms with van der Waals surface area (Å²) < 4.78 is 17.5. The number of hydrogen-bond acceptors (Lipinski definition) is 5. The number of fused-ring (bicyclic) bond motifs is 1. The first-order chi connectivity index (χ1) is 13.1. The molecule has 27 heavy (non-hydrogen) atoms. The van der Waals surface area contributed by atoms with Crippen LogP contribution in [0.5, 0.6) is 11.5 Å². The zero-order valence-electron chi connectivity index (χ0n) is 15.8. The zero-order chi connectivity index (χ0) is 18.8. The molecule has 0 aromatic heterocycles. The van der Waals surface area contributed by atoms with Gasteiger partial charge in [0, 0.05) is 12.8 Å². The van der Waals surface area contributed by atoms with Crippen molar-refractivity contribution in [3.63, 3.8) is 0 Å². The molecular weight excluding hydrogens is 360 g/mol. The monoisotopic (exact) mass is 386 g/mol. The molecule has 0 radical (unpaired) electrons. The Kier molecular flexibility index (Phi) is 5.62. The topological polar surface area (TPSA) is 47.9 Å². The highest BCUT2D eigenvalue weighted by Gasteiger charge is 2.29. The Balaban J connectivity index is 1.56. The molecule has 144 valence electrons. The van der Waals surface area contributed by atoms with E-state index < -0.39 is 0 Å². The lowest BCUT2D eigenvalue weighted by Gasteiger charge is -2.32. The highest BCUT2D eigenvalue weighted by Crippen LogP contribution is 2.36. The van der Waals surface area contributed by atoms with Gasteiger partial charge in [0.2, 0.25) is 0 Å². The van der Waals surface area contributed by atoms with E-state index in [0.29, 0.717) is 26.1 Å². The van der Waals surface area contributed by atoms with E-state index in [1.807, 2.05) is 12.3 Å². The summed E-state index contributed by atoms with van der Waals surface area (Å²) in [7, 11) is 0. The molecule has 5 heteroatoms. The van der Waals surface area contributed by atoms with Crippen molar-refractivity contribution in [2.75, 3.05) is 19.5 Å². The largest absolute Gasteiger partial charge is 0.486 e. The third kappa shape index (κ3) is 4.26. The van der Waals surface area contributed by atoms with Crippen LogP contribution in [0.15, 0.2) is 36.4 Å². The number of ether oxygens (including phenoxy) is 3. The molecule has 0 aliphatic carbocycles. The molecule has 2 aromatic rings. The molecule has 0 saturated carbocycles. The summed E-state index contributed by atoms with van der Waals surface area (Å²) in [5, 5.41) is 10.2. The van der Waals surface area contributed by atoms with Crippen LogP contribution in [0.4, 0.5) is 0 Å². The number of aliphatic hydroxyl groups is 1. The smallest absolute Gasteiger partial charge is 0.161 e. The first-order valence-corrected chi connectivity index (χ1v) is 10.8. The summed E-state index contributed by atoms with van der Waals surface area (Å²) in [6.07, 6.45) is 3.87. The normalized spacial score (nSPS) is 24.6. The van der Waals surface area contributed by atoms with Crippen LogP contribution in [0.2, 0.25) is 0 Å². The fraction of sp³-hybridized carbons (Fsp3) is 0.455. The Morgan fingerprint density at radius 3 is 2.67 bits per heavy atom. The molecule has 0 bridgehead atoms. The molecule has 0 spiro atoms. The second-order valence-corrected chi connectivity index (χ2v) is 8.25. The van der Waals surface area contributed by atoms with Gasteiger partial charge in [-0.1, -0.05) is 24.3 Å². The number of thioether (sulfide) groups is 1. The molecule has 4 rings (SSSR count). The van der Waals surface area contributed by atoms with Crippen molar-refractivity contribution in [3.8, 4) is 11.5 Å².